The van der Waals surface area contributed by atoms with Crippen molar-refractivity contribution in [3.8, 4) is 0 Å². The van der Waals surface area contributed by atoms with Gasteiger partial charge in [-0.25, -0.2) is 4.79 Å². The number of hydrogen-bond acceptors (Lipinski definition) is 7. The summed E-state index contributed by atoms with van der Waals surface area (Å²) in [7, 11) is 3.34. The number of carbonyl (C=O) groups excluding carboxylic acids is 1. The molecule has 0 aliphatic carbocycles. The van der Waals surface area contributed by atoms with E-state index < -0.39 is 36.6 Å². The third-order valence-electron chi connectivity index (χ3n) is 3.67. The van der Waals surface area contributed by atoms with Gasteiger partial charge < -0.3 is 29.7 Å². The molecule has 1 aromatic carbocycles. The first-order valence-corrected chi connectivity index (χ1v) is 7.00. The molecule has 7 nitrogen and oxygen atoms in total. The SMILES string of the molecule is CN(C)C1C(O)[C@H](O)OC(COC(=O)c2ccccc2)[C@H]1O. The molecule has 0 aromatic heterocycles. The first kappa shape index (κ1) is 16.9. The molecule has 0 amide bonds. The van der Waals surface area contributed by atoms with E-state index in [9.17, 15) is 20.1 Å². The van der Waals surface area contributed by atoms with Gasteiger partial charge >= 0.3 is 5.97 Å². The zero-order chi connectivity index (χ0) is 16.3. The molecule has 5 atom stereocenters. The van der Waals surface area contributed by atoms with Crippen molar-refractivity contribution in [3.63, 3.8) is 0 Å². The molecule has 0 bridgehead atoms. The maximum absolute atomic E-state index is 11.9. The molecule has 3 unspecified atom stereocenters. The Kier molecular flexibility index (Phi) is 5.49. The van der Waals surface area contributed by atoms with Crippen LogP contribution in [0.3, 0.4) is 0 Å². The summed E-state index contributed by atoms with van der Waals surface area (Å²) in [5.41, 5.74) is 0.387. The van der Waals surface area contributed by atoms with Crippen molar-refractivity contribution >= 4 is 5.97 Å². The number of hydrogen-bond donors (Lipinski definition) is 3. The fourth-order valence-electron chi connectivity index (χ4n) is 2.49. The predicted octanol–water partition coefficient (Wildman–Crippen LogP) is -0.787. The Morgan fingerprint density at radius 3 is 2.41 bits per heavy atom. The van der Waals surface area contributed by atoms with Gasteiger partial charge in [-0.05, 0) is 26.2 Å². The number of aliphatic hydroxyl groups excluding tert-OH is 3. The minimum absolute atomic E-state index is 0.219. The molecule has 1 aliphatic rings. The molecular formula is C15H21NO6. The second-order valence-corrected chi connectivity index (χ2v) is 5.46. The number of esters is 1. The zero-order valence-electron chi connectivity index (χ0n) is 12.5. The van der Waals surface area contributed by atoms with E-state index in [0.717, 1.165) is 0 Å². The van der Waals surface area contributed by atoms with Crippen LogP contribution < -0.4 is 0 Å². The van der Waals surface area contributed by atoms with Gasteiger partial charge in [0.25, 0.3) is 0 Å². The van der Waals surface area contributed by atoms with Crippen LogP contribution >= 0.6 is 0 Å². The van der Waals surface area contributed by atoms with E-state index in [2.05, 4.69) is 0 Å². The van der Waals surface area contributed by atoms with Gasteiger partial charge in [0.05, 0.1) is 11.6 Å². The Hall–Kier alpha value is -1.51. The van der Waals surface area contributed by atoms with E-state index in [1.165, 1.54) is 0 Å². The molecule has 122 valence electrons. The van der Waals surface area contributed by atoms with Crippen molar-refractivity contribution in [1.82, 2.24) is 4.90 Å². The highest BCUT2D eigenvalue weighted by Gasteiger charge is 2.45. The first-order valence-electron chi connectivity index (χ1n) is 7.00. The molecule has 1 heterocycles. The van der Waals surface area contributed by atoms with Crippen molar-refractivity contribution in [2.75, 3.05) is 20.7 Å². The Morgan fingerprint density at radius 2 is 1.82 bits per heavy atom. The van der Waals surface area contributed by atoms with Crippen molar-refractivity contribution in [2.45, 2.75) is 30.6 Å². The molecule has 1 fully saturated rings. The summed E-state index contributed by atoms with van der Waals surface area (Å²) < 4.78 is 10.2. The standard InChI is InChI=1S/C15H21NO6/c1-16(2)11-12(17)10(22-15(20)13(11)18)8-21-14(19)9-6-4-3-5-7-9/h3-7,10-13,15,17-18,20H,8H2,1-2H3/t10?,11?,12-,13?,15-/m1/s1. The summed E-state index contributed by atoms with van der Waals surface area (Å²) in [6.07, 6.45) is -4.71. The van der Waals surface area contributed by atoms with Gasteiger partial charge in [0.15, 0.2) is 6.29 Å². The number of nitrogens with zero attached hydrogens (tertiary/aromatic N) is 1. The van der Waals surface area contributed by atoms with Crippen LogP contribution in [0.15, 0.2) is 30.3 Å². The van der Waals surface area contributed by atoms with Crippen molar-refractivity contribution in [2.24, 2.45) is 0 Å². The van der Waals surface area contributed by atoms with Gasteiger partial charge in [0, 0.05) is 0 Å². The summed E-state index contributed by atoms with van der Waals surface area (Å²) >= 11 is 0. The lowest BCUT2D eigenvalue weighted by molar-refractivity contribution is -0.272. The second kappa shape index (κ2) is 7.17. The molecule has 3 N–H and O–H groups in total. The van der Waals surface area contributed by atoms with Crippen LogP contribution in [0.25, 0.3) is 0 Å². The van der Waals surface area contributed by atoms with Crippen molar-refractivity contribution in [3.05, 3.63) is 35.9 Å². The molecular weight excluding hydrogens is 290 g/mol. The van der Waals surface area contributed by atoms with E-state index in [0.29, 0.717) is 5.56 Å². The molecule has 0 saturated carbocycles. The largest absolute Gasteiger partial charge is 0.459 e. The normalized spacial score (nSPS) is 32.0. The number of aliphatic hydroxyl groups is 3. The topological polar surface area (TPSA) is 99.5 Å². The summed E-state index contributed by atoms with van der Waals surface area (Å²) in [6.45, 7) is -0.219. The molecule has 1 aliphatic heterocycles. The van der Waals surface area contributed by atoms with Crippen LogP contribution in [0.5, 0.6) is 0 Å². The van der Waals surface area contributed by atoms with Crippen molar-refractivity contribution in [1.29, 1.82) is 0 Å². The van der Waals surface area contributed by atoms with Crippen LogP contribution in [0.2, 0.25) is 0 Å². The van der Waals surface area contributed by atoms with Crippen LogP contribution in [0.1, 0.15) is 10.4 Å². The summed E-state index contributed by atoms with van der Waals surface area (Å²) in [5.74, 6) is -0.543. The predicted molar refractivity (Wildman–Crippen MR) is 77.1 cm³/mol. The minimum atomic E-state index is -1.45. The van der Waals surface area contributed by atoms with Gasteiger partial charge in [0.2, 0.25) is 0 Å². The third-order valence-corrected chi connectivity index (χ3v) is 3.67. The molecule has 22 heavy (non-hydrogen) atoms. The molecule has 0 radical (unpaired) electrons. The molecule has 2 rings (SSSR count). The number of ether oxygens (including phenoxy) is 2. The lowest BCUT2D eigenvalue weighted by Crippen LogP contribution is -2.63. The number of likely N-dealkylation sites (N-methyl/N-ethyl adjacent to an activating group) is 1. The zero-order valence-corrected chi connectivity index (χ0v) is 12.5. The third kappa shape index (κ3) is 3.63. The first-order chi connectivity index (χ1) is 10.4. The monoisotopic (exact) mass is 311 g/mol. The summed E-state index contributed by atoms with van der Waals surface area (Å²) in [6, 6.07) is 7.72. The Bertz CT molecular complexity index is 494. The van der Waals surface area contributed by atoms with Gasteiger partial charge in [-0.2, -0.15) is 0 Å². The maximum atomic E-state index is 11.9. The lowest BCUT2D eigenvalue weighted by atomic mass is 9.95. The van der Waals surface area contributed by atoms with Crippen molar-refractivity contribution < 1.29 is 29.6 Å². The average Bonchev–Trinajstić information content (AvgIpc) is 2.50. The highest BCUT2D eigenvalue weighted by atomic mass is 16.6. The van der Waals surface area contributed by atoms with Crippen LogP contribution in [0, 0.1) is 0 Å². The number of rotatable bonds is 4. The minimum Gasteiger partial charge on any atom is -0.459 e. The van der Waals surface area contributed by atoms with Crippen LogP contribution in [-0.2, 0) is 9.47 Å². The van der Waals surface area contributed by atoms with E-state index in [4.69, 9.17) is 9.47 Å². The lowest BCUT2D eigenvalue weighted by Gasteiger charge is -2.43. The molecule has 0 spiro atoms. The maximum Gasteiger partial charge on any atom is 0.338 e. The summed E-state index contributed by atoms with van der Waals surface area (Å²) in [5, 5.41) is 29.8. The van der Waals surface area contributed by atoms with Gasteiger partial charge in [0.1, 0.15) is 24.9 Å². The van der Waals surface area contributed by atoms with Crippen LogP contribution in [0.4, 0.5) is 0 Å². The van der Waals surface area contributed by atoms with E-state index >= 15 is 0 Å². The van der Waals surface area contributed by atoms with Gasteiger partial charge in [-0.3, -0.25) is 0 Å². The number of carbonyl (C=O) groups is 1. The van der Waals surface area contributed by atoms with E-state index in [-0.39, 0.29) is 6.61 Å². The van der Waals surface area contributed by atoms with Gasteiger partial charge in [-0.15, -0.1) is 0 Å². The Morgan fingerprint density at radius 1 is 1.18 bits per heavy atom. The quantitative estimate of drug-likeness (QED) is 0.627. The van der Waals surface area contributed by atoms with E-state index in [1.54, 1.807) is 49.3 Å². The fraction of sp³-hybridized carbons (Fsp3) is 0.533. The molecule has 1 aromatic rings. The smallest absolute Gasteiger partial charge is 0.338 e. The Labute approximate surface area is 128 Å². The number of benzene rings is 1. The fourth-order valence-corrected chi connectivity index (χ4v) is 2.49. The molecule has 1 saturated heterocycles. The highest BCUT2D eigenvalue weighted by molar-refractivity contribution is 5.89. The van der Waals surface area contributed by atoms with Gasteiger partial charge in [-0.1, -0.05) is 18.2 Å². The highest BCUT2D eigenvalue weighted by Crippen LogP contribution is 2.23. The van der Waals surface area contributed by atoms with Crippen LogP contribution in [-0.4, -0.2) is 77.5 Å². The molecule has 7 heteroatoms. The second-order valence-electron chi connectivity index (χ2n) is 5.46. The Balaban J connectivity index is 1.98. The van der Waals surface area contributed by atoms with E-state index in [1.807, 2.05) is 0 Å². The average molecular weight is 311 g/mol. The summed E-state index contributed by atoms with van der Waals surface area (Å²) in [4.78, 5) is 13.5.